The molecular weight excluding hydrogens is 242 g/mol. The third kappa shape index (κ3) is 3.57. The first kappa shape index (κ1) is 12.6. The van der Waals surface area contributed by atoms with Gasteiger partial charge in [-0.15, -0.1) is 0 Å². The number of carbonyl (C=O) groups is 1. The number of nitrogens with two attached hydrogens (primary N) is 2. The topological polar surface area (TPSA) is 90.7 Å². The molecule has 5 heteroatoms. The zero-order valence-corrected chi connectivity index (χ0v) is 10.1. The molecule has 0 aliphatic rings. The summed E-state index contributed by atoms with van der Waals surface area (Å²) in [7, 11) is 0. The van der Waals surface area contributed by atoms with Gasteiger partial charge in [0.25, 0.3) is 0 Å². The number of esters is 1. The molecule has 0 aliphatic carbocycles. The van der Waals surface area contributed by atoms with Gasteiger partial charge in [-0.3, -0.25) is 0 Å². The number of ether oxygens (including phenoxy) is 1. The van der Waals surface area contributed by atoms with E-state index in [1.807, 2.05) is 6.07 Å². The van der Waals surface area contributed by atoms with Crippen molar-refractivity contribution in [2.24, 2.45) is 16.5 Å². The Balaban J connectivity index is 2.16. The maximum Gasteiger partial charge on any atom is 0.343 e. The van der Waals surface area contributed by atoms with Crippen LogP contribution in [0.25, 0.3) is 0 Å². The van der Waals surface area contributed by atoms with Gasteiger partial charge in [-0.25, -0.2) is 9.79 Å². The molecule has 0 radical (unpaired) electrons. The Morgan fingerprint density at radius 3 is 2.42 bits per heavy atom. The number of carbonyl (C=O) groups excluding carboxylic acids is 1. The van der Waals surface area contributed by atoms with Gasteiger partial charge >= 0.3 is 5.97 Å². The van der Waals surface area contributed by atoms with Crippen LogP contribution in [0.4, 0.5) is 5.69 Å². The van der Waals surface area contributed by atoms with Crippen molar-refractivity contribution >= 4 is 17.6 Å². The molecule has 0 bridgehead atoms. The molecule has 0 unspecified atom stereocenters. The second-order valence-corrected chi connectivity index (χ2v) is 3.79. The molecule has 0 saturated carbocycles. The van der Waals surface area contributed by atoms with Crippen LogP contribution in [0.5, 0.6) is 5.75 Å². The van der Waals surface area contributed by atoms with Crippen LogP contribution >= 0.6 is 0 Å². The minimum Gasteiger partial charge on any atom is -0.423 e. The lowest BCUT2D eigenvalue weighted by molar-refractivity contribution is 0.0735. The fraction of sp³-hybridized carbons (Fsp3) is 0. The molecule has 0 saturated heterocycles. The van der Waals surface area contributed by atoms with Crippen molar-refractivity contribution in [1.29, 1.82) is 0 Å². The Morgan fingerprint density at radius 1 is 1.00 bits per heavy atom. The number of benzene rings is 2. The average Bonchev–Trinajstić information content (AvgIpc) is 2.39. The van der Waals surface area contributed by atoms with Gasteiger partial charge in [0, 0.05) is 6.07 Å². The summed E-state index contributed by atoms with van der Waals surface area (Å²) >= 11 is 0. The summed E-state index contributed by atoms with van der Waals surface area (Å²) < 4.78 is 5.23. The van der Waals surface area contributed by atoms with E-state index in [0.717, 1.165) is 0 Å². The third-order valence-corrected chi connectivity index (χ3v) is 2.30. The van der Waals surface area contributed by atoms with Gasteiger partial charge < -0.3 is 16.2 Å². The minimum absolute atomic E-state index is 0.0495. The number of guanidine groups is 1. The Bertz CT molecular complexity index is 605. The van der Waals surface area contributed by atoms with Gasteiger partial charge in [0.2, 0.25) is 0 Å². The summed E-state index contributed by atoms with van der Waals surface area (Å²) in [6.07, 6.45) is 0. The lowest BCUT2D eigenvalue weighted by Gasteiger charge is -2.04. The van der Waals surface area contributed by atoms with Gasteiger partial charge in [0.15, 0.2) is 5.96 Å². The molecular formula is C14H13N3O2. The van der Waals surface area contributed by atoms with Crippen molar-refractivity contribution in [3.05, 3.63) is 60.2 Å². The van der Waals surface area contributed by atoms with Crippen LogP contribution in [0.3, 0.4) is 0 Å². The zero-order chi connectivity index (χ0) is 13.7. The average molecular weight is 255 g/mol. The van der Waals surface area contributed by atoms with Crippen molar-refractivity contribution in [1.82, 2.24) is 0 Å². The van der Waals surface area contributed by atoms with Crippen LogP contribution in [-0.2, 0) is 0 Å². The second-order valence-electron chi connectivity index (χ2n) is 3.79. The fourth-order valence-corrected chi connectivity index (χ4v) is 1.51. The molecule has 2 rings (SSSR count). The zero-order valence-electron chi connectivity index (χ0n) is 10.1. The van der Waals surface area contributed by atoms with E-state index in [4.69, 9.17) is 16.2 Å². The first-order valence-electron chi connectivity index (χ1n) is 5.62. The molecule has 4 N–H and O–H groups in total. The van der Waals surface area contributed by atoms with Gasteiger partial charge in [-0.1, -0.05) is 24.3 Å². The van der Waals surface area contributed by atoms with E-state index < -0.39 is 5.97 Å². The van der Waals surface area contributed by atoms with Crippen LogP contribution < -0.4 is 16.2 Å². The van der Waals surface area contributed by atoms with E-state index in [0.29, 0.717) is 17.0 Å². The van der Waals surface area contributed by atoms with E-state index in [1.54, 1.807) is 48.5 Å². The Kier molecular flexibility index (Phi) is 3.78. The molecule has 2 aromatic rings. The van der Waals surface area contributed by atoms with Crippen LogP contribution in [0.1, 0.15) is 10.4 Å². The molecule has 0 amide bonds. The Labute approximate surface area is 110 Å². The maximum absolute atomic E-state index is 11.8. The molecule has 96 valence electrons. The molecule has 0 atom stereocenters. The predicted octanol–water partition coefficient (Wildman–Crippen LogP) is 1.81. The summed E-state index contributed by atoms with van der Waals surface area (Å²) in [5.41, 5.74) is 11.6. The van der Waals surface area contributed by atoms with Crippen LogP contribution in [0.15, 0.2) is 59.6 Å². The van der Waals surface area contributed by atoms with Crippen LogP contribution in [0.2, 0.25) is 0 Å². The molecule has 19 heavy (non-hydrogen) atoms. The normalized spacial score (nSPS) is 9.68. The largest absolute Gasteiger partial charge is 0.423 e. The molecule has 0 heterocycles. The van der Waals surface area contributed by atoms with E-state index in [1.165, 1.54) is 0 Å². The highest BCUT2D eigenvalue weighted by Crippen LogP contribution is 2.20. The minimum atomic E-state index is -0.428. The first-order valence-corrected chi connectivity index (χ1v) is 5.62. The molecule has 0 aliphatic heterocycles. The first-order chi connectivity index (χ1) is 9.15. The summed E-state index contributed by atoms with van der Waals surface area (Å²) in [4.78, 5) is 15.7. The predicted molar refractivity (Wildman–Crippen MR) is 73.3 cm³/mol. The number of hydrogen-bond donors (Lipinski definition) is 2. The maximum atomic E-state index is 11.8. The van der Waals surface area contributed by atoms with Gasteiger partial charge in [-0.2, -0.15) is 0 Å². The summed E-state index contributed by atoms with van der Waals surface area (Å²) in [5, 5.41) is 0. The number of nitrogens with zero attached hydrogens (tertiary/aromatic N) is 1. The highest BCUT2D eigenvalue weighted by molar-refractivity contribution is 5.91. The standard InChI is InChI=1S/C14H13N3O2/c15-14(16)17-11-7-4-8-12(9-11)19-13(18)10-5-2-1-3-6-10/h1-9H,(H4,15,16,17). The molecule has 2 aromatic carbocycles. The summed E-state index contributed by atoms with van der Waals surface area (Å²) in [6, 6.07) is 15.4. The third-order valence-electron chi connectivity index (χ3n) is 2.30. The Morgan fingerprint density at radius 2 is 1.74 bits per heavy atom. The van der Waals surface area contributed by atoms with Crippen molar-refractivity contribution < 1.29 is 9.53 Å². The van der Waals surface area contributed by atoms with E-state index in [9.17, 15) is 4.79 Å². The van der Waals surface area contributed by atoms with Crippen LogP contribution in [-0.4, -0.2) is 11.9 Å². The Hall–Kier alpha value is -2.82. The number of aliphatic imine (C=N–C) groups is 1. The number of rotatable bonds is 3. The van der Waals surface area contributed by atoms with Crippen molar-refractivity contribution in [3.8, 4) is 5.75 Å². The van der Waals surface area contributed by atoms with E-state index in [2.05, 4.69) is 4.99 Å². The SMILES string of the molecule is NC(N)=Nc1cccc(OC(=O)c2ccccc2)c1. The van der Waals surface area contributed by atoms with E-state index in [-0.39, 0.29) is 5.96 Å². The van der Waals surface area contributed by atoms with Gasteiger partial charge in [0.05, 0.1) is 11.3 Å². The molecule has 0 aromatic heterocycles. The summed E-state index contributed by atoms with van der Waals surface area (Å²) in [5.74, 6) is -0.0923. The lowest BCUT2D eigenvalue weighted by Crippen LogP contribution is -2.21. The van der Waals surface area contributed by atoms with Gasteiger partial charge in [0.1, 0.15) is 5.75 Å². The lowest BCUT2D eigenvalue weighted by atomic mass is 10.2. The summed E-state index contributed by atoms with van der Waals surface area (Å²) in [6.45, 7) is 0. The van der Waals surface area contributed by atoms with Crippen molar-refractivity contribution in [3.63, 3.8) is 0 Å². The molecule has 0 fully saturated rings. The smallest absolute Gasteiger partial charge is 0.343 e. The quantitative estimate of drug-likeness (QED) is 0.379. The molecule has 5 nitrogen and oxygen atoms in total. The molecule has 0 spiro atoms. The van der Waals surface area contributed by atoms with E-state index >= 15 is 0 Å². The van der Waals surface area contributed by atoms with Gasteiger partial charge in [-0.05, 0) is 24.3 Å². The van der Waals surface area contributed by atoms with Crippen molar-refractivity contribution in [2.75, 3.05) is 0 Å². The highest BCUT2D eigenvalue weighted by Gasteiger charge is 2.07. The number of hydrogen-bond acceptors (Lipinski definition) is 3. The fourth-order valence-electron chi connectivity index (χ4n) is 1.51. The highest BCUT2D eigenvalue weighted by atomic mass is 16.5. The monoisotopic (exact) mass is 255 g/mol. The second kappa shape index (κ2) is 5.68. The van der Waals surface area contributed by atoms with Crippen LogP contribution in [0, 0.1) is 0 Å². The van der Waals surface area contributed by atoms with Crippen molar-refractivity contribution in [2.45, 2.75) is 0 Å².